The maximum Gasteiger partial charge on any atom is 0.323 e. The highest BCUT2D eigenvalue weighted by molar-refractivity contribution is 9.10. The smallest absolute Gasteiger partial charge is 0.323 e. The van der Waals surface area contributed by atoms with E-state index in [9.17, 15) is 9.59 Å². The molecule has 0 aliphatic rings. The summed E-state index contributed by atoms with van der Waals surface area (Å²) in [6, 6.07) is 4.90. The number of hydrogen-bond donors (Lipinski definition) is 2. The number of benzene rings is 1. The van der Waals surface area contributed by atoms with Gasteiger partial charge in [0.2, 0.25) is 0 Å². The molecule has 0 saturated carbocycles. The Labute approximate surface area is 123 Å². The minimum atomic E-state index is -0.309. The number of hydrogen-bond acceptors (Lipinski definition) is 3. The highest BCUT2D eigenvalue weighted by Gasteiger charge is 2.18. The second kappa shape index (κ2) is 4.50. The van der Waals surface area contributed by atoms with E-state index in [-0.39, 0.29) is 11.5 Å². The average Bonchev–Trinajstić information content (AvgIpc) is 2.92. The van der Waals surface area contributed by atoms with E-state index < -0.39 is 0 Å². The Morgan fingerprint density at radius 3 is 2.42 bits per heavy atom. The summed E-state index contributed by atoms with van der Waals surface area (Å²) in [5.41, 5.74) is 1.79. The highest BCUT2D eigenvalue weighted by Crippen LogP contribution is 2.27. The van der Waals surface area contributed by atoms with E-state index >= 15 is 0 Å². The lowest BCUT2D eigenvalue weighted by Crippen LogP contribution is -2.02. The Bertz CT molecular complexity index is 844. The lowest BCUT2D eigenvalue weighted by Gasteiger charge is -2.02. The second-order valence-electron chi connectivity index (χ2n) is 3.89. The molecule has 0 saturated heterocycles. The third-order valence-corrected chi connectivity index (χ3v) is 3.98. The number of fused-ring (bicyclic) bond motifs is 1. The van der Waals surface area contributed by atoms with E-state index in [4.69, 9.17) is 4.42 Å². The van der Waals surface area contributed by atoms with Crippen molar-refractivity contribution in [1.29, 1.82) is 0 Å². The van der Waals surface area contributed by atoms with Crippen molar-refractivity contribution in [1.82, 2.24) is 9.97 Å². The van der Waals surface area contributed by atoms with Gasteiger partial charge in [-0.3, -0.25) is 4.79 Å². The predicted octanol–water partition coefficient (Wildman–Crippen LogP) is 3.21. The van der Waals surface area contributed by atoms with Crippen molar-refractivity contribution in [3.63, 3.8) is 0 Å². The number of ketones is 1. The van der Waals surface area contributed by atoms with Gasteiger partial charge < -0.3 is 14.4 Å². The monoisotopic (exact) mass is 384 g/mol. The number of rotatable bonds is 2. The van der Waals surface area contributed by atoms with Crippen LogP contribution < -0.4 is 5.69 Å². The van der Waals surface area contributed by atoms with Crippen LogP contribution in [0, 0.1) is 0 Å². The average molecular weight is 386 g/mol. The molecule has 0 bridgehead atoms. The van der Waals surface area contributed by atoms with Crippen molar-refractivity contribution in [2.75, 3.05) is 0 Å². The van der Waals surface area contributed by atoms with Gasteiger partial charge in [0.15, 0.2) is 10.5 Å². The molecule has 3 aromatic rings. The number of H-pyrrole nitrogens is 2. The molecule has 0 aliphatic carbocycles. The Morgan fingerprint density at radius 2 is 1.79 bits per heavy atom. The normalized spacial score (nSPS) is 11.1. The number of aromatic amines is 2. The first-order valence-electron chi connectivity index (χ1n) is 5.25. The predicted molar refractivity (Wildman–Crippen MR) is 76.5 cm³/mol. The lowest BCUT2D eigenvalue weighted by atomic mass is 10.1. The van der Waals surface area contributed by atoms with Crippen LogP contribution in [0.3, 0.4) is 0 Å². The van der Waals surface area contributed by atoms with E-state index in [0.717, 1.165) is 0 Å². The van der Waals surface area contributed by atoms with Crippen LogP contribution in [0.1, 0.15) is 15.9 Å². The van der Waals surface area contributed by atoms with Gasteiger partial charge in [-0.25, -0.2) is 4.79 Å². The molecule has 2 aromatic heterocycles. The van der Waals surface area contributed by atoms with Crippen molar-refractivity contribution < 1.29 is 9.21 Å². The zero-order valence-corrected chi connectivity index (χ0v) is 12.5. The standard InChI is InChI=1S/C12H6Br2N2O3/c13-7-4-9-8(15-12(18)16-9)3-6(7)10(17)5-1-2-19-11(5)14/h1-4H,(H2,15,16,18). The largest absolute Gasteiger partial charge is 0.457 e. The van der Waals surface area contributed by atoms with E-state index in [1.54, 1.807) is 18.2 Å². The molecule has 2 heterocycles. The summed E-state index contributed by atoms with van der Waals surface area (Å²) in [7, 11) is 0. The van der Waals surface area contributed by atoms with Crippen molar-refractivity contribution in [2.24, 2.45) is 0 Å². The Balaban J connectivity index is 2.19. The third kappa shape index (κ3) is 2.08. The summed E-state index contributed by atoms with van der Waals surface area (Å²) in [6.45, 7) is 0. The molecule has 2 N–H and O–H groups in total. The fourth-order valence-electron chi connectivity index (χ4n) is 1.83. The van der Waals surface area contributed by atoms with Gasteiger partial charge in [0.05, 0.1) is 22.9 Å². The van der Waals surface area contributed by atoms with Crippen LogP contribution >= 0.6 is 31.9 Å². The van der Waals surface area contributed by atoms with Gasteiger partial charge in [-0.2, -0.15) is 0 Å². The van der Waals surface area contributed by atoms with Gasteiger partial charge in [-0.1, -0.05) is 0 Å². The molecule has 0 amide bonds. The van der Waals surface area contributed by atoms with E-state index in [1.807, 2.05) is 0 Å². The molecule has 0 unspecified atom stereocenters. The minimum absolute atomic E-state index is 0.198. The summed E-state index contributed by atoms with van der Waals surface area (Å²) >= 11 is 6.51. The Kier molecular flexibility index (Phi) is 2.94. The fourth-order valence-corrected chi connectivity index (χ4v) is 2.77. The highest BCUT2D eigenvalue weighted by atomic mass is 79.9. The number of aromatic nitrogens is 2. The first kappa shape index (κ1) is 12.4. The number of imidazole rings is 1. The molecule has 0 radical (unpaired) electrons. The summed E-state index contributed by atoms with van der Waals surface area (Å²) in [4.78, 5) is 28.9. The van der Waals surface area contributed by atoms with Crippen molar-refractivity contribution in [3.05, 3.63) is 55.2 Å². The van der Waals surface area contributed by atoms with E-state index in [0.29, 0.717) is 31.3 Å². The maximum atomic E-state index is 12.4. The first-order chi connectivity index (χ1) is 9.06. The number of nitrogens with one attached hydrogen (secondary N) is 2. The van der Waals surface area contributed by atoms with E-state index in [2.05, 4.69) is 41.8 Å². The molecular weight excluding hydrogens is 380 g/mol. The maximum absolute atomic E-state index is 12.4. The first-order valence-corrected chi connectivity index (χ1v) is 6.84. The molecule has 7 heteroatoms. The van der Waals surface area contributed by atoms with Crippen LogP contribution in [0.2, 0.25) is 0 Å². The second-order valence-corrected chi connectivity index (χ2v) is 5.47. The molecule has 19 heavy (non-hydrogen) atoms. The van der Waals surface area contributed by atoms with Crippen molar-refractivity contribution in [3.8, 4) is 0 Å². The van der Waals surface area contributed by atoms with Crippen LogP contribution in [0.15, 0.2) is 42.8 Å². The number of furan rings is 1. The fraction of sp³-hybridized carbons (Fsp3) is 0. The SMILES string of the molecule is O=C(c1cc2[nH]c(=O)[nH]c2cc1Br)c1ccoc1Br. The van der Waals surface area contributed by atoms with Gasteiger partial charge in [0.25, 0.3) is 0 Å². The molecule has 0 atom stereocenters. The topological polar surface area (TPSA) is 78.9 Å². The van der Waals surface area contributed by atoms with Crippen LogP contribution in [0.25, 0.3) is 11.0 Å². The summed E-state index contributed by atoms with van der Waals surface area (Å²) in [6.07, 6.45) is 1.43. The molecule has 0 aliphatic heterocycles. The quantitative estimate of drug-likeness (QED) is 0.665. The Hall–Kier alpha value is -1.60. The molecule has 0 fully saturated rings. The lowest BCUT2D eigenvalue weighted by molar-refractivity contribution is 0.103. The molecule has 5 nitrogen and oxygen atoms in total. The van der Waals surface area contributed by atoms with Gasteiger partial charge in [0, 0.05) is 10.0 Å². The summed E-state index contributed by atoms with van der Waals surface area (Å²) in [5, 5.41) is 0. The molecule has 0 spiro atoms. The van der Waals surface area contributed by atoms with Crippen molar-refractivity contribution in [2.45, 2.75) is 0 Å². The van der Waals surface area contributed by atoms with Gasteiger partial charge in [0.1, 0.15) is 0 Å². The van der Waals surface area contributed by atoms with Crippen LogP contribution in [0.4, 0.5) is 0 Å². The van der Waals surface area contributed by atoms with Gasteiger partial charge in [-0.05, 0) is 50.1 Å². The van der Waals surface area contributed by atoms with Crippen LogP contribution in [-0.2, 0) is 0 Å². The number of carbonyl (C=O) groups excluding carboxylic acids is 1. The zero-order chi connectivity index (χ0) is 13.6. The van der Waals surface area contributed by atoms with Crippen LogP contribution in [0.5, 0.6) is 0 Å². The van der Waals surface area contributed by atoms with Gasteiger partial charge >= 0.3 is 5.69 Å². The molecular formula is C12H6Br2N2O3. The van der Waals surface area contributed by atoms with Crippen molar-refractivity contribution >= 4 is 48.7 Å². The molecule has 1 aromatic carbocycles. The summed E-state index contributed by atoms with van der Waals surface area (Å²) in [5.74, 6) is -0.198. The third-order valence-electron chi connectivity index (χ3n) is 2.71. The molecule has 96 valence electrons. The Morgan fingerprint density at radius 1 is 1.11 bits per heavy atom. The molecule has 3 rings (SSSR count). The van der Waals surface area contributed by atoms with E-state index in [1.165, 1.54) is 6.26 Å². The number of carbonyl (C=O) groups is 1. The zero-order valence-electron chi connectivity index (χ0n) is 9.29. The van der Waals surface area contributed by atoms with Crippen LogP contribution in [-0.4, -0.2) is 15.8 Å². The minimum Gasteiger partial charge on any atom is -0.457 e. The summed E-state index contributed by atoms with van der Waals surface area (Å²) < 4.78 is 6.04. The van der Waals surface area contributed by atoms with Gasteiger partial charge in [-0.15, -0.1) is 0 Å². The number of halogens is 2.